The molecule has 2 rings (SSSR count). The number of hydrogen-bond acceptors (Lipinski definition) is 4. The number of likely N-dealkylation sites (tertiary alicyclic amines) is 1. The fourth-order valence-corrected chi connectivity index (χ4v) is 3.03. The summed E-state index contributed by atoms with van der Waals surface area (Å²) in [5, 5.41) is 9.58. The van der Waals surface area contributed by atoms with Gasteiger partial charge in [-0.25, -0.2) is 9.97 Å². The van der Waals surface area contributed by atoms with E-state index >= 15 is 0 Å². The molecule has 1 saturated heterocycles. The molecule has 1 atom stereocenters. The topological polar surface area (TPSA) is 83.4 Å². The summed E-state index contributed by atoms with van der Waals surface area (Å²) >= 11 is 0. The molecule has 1 N–H and O–H groups in total. The molecule has 0 radical (unpaired) electrons. The molecule has 2 heterocycles. The quantitative estimate of drug-likeness (QED) is 0.921. The summed E-state index contributed by atoms with van der Waals surface area (Å²) in [4.78, 5) is 34.2. The molecule has 1 aromatic heterocycles. The fraction of sp³-hybridized carbons (Fsp3) is 0.625. The van der Waals surface area contributed by atoms with Crippen molar-refractivity contribution in [1.82, 2.24) is 14.9 Å². The minimum absolute atomic E-state index is 0.0283. The van der Waals surface area contributed by atoms with E-state index < -0.39 is 11.4 Å². The maximum Gasteiger partial charge on any atom is 0.311 e. The van der Waals surface area contributed by atoms with Gasteiger partial charge in [0.05, 0.1) is 16.7 Å². The number of carboxylic acids is 1. The molecular weight excluding hydrogens is 282 g/mol. The van der Waals surface area contributed by atoms with Crippen LogP contribution in [0.3, 0.4) is 0 Å². The van der Waals surface area contributed by atoms with E-state index in [2.05, 4.69) is 9.97 Å². The second-order valence-corrected chi connectivity index (χ2v) is 6.57. The Hall–Kier alpha value is -1.98. The molecule has 1 aliphatic rings. The Morgan fingerprint density at radius 3 is 2.50 bits per heavy atom. The Balaban J connectivity index is 2.28. The number of carbonyl (C=O) groups excluding carboxylic acids is 1. The predicted molar refractivity (Wildman–Crippen MR) is 81.5 cm³/mol. The zero-order valence-electron chi connectivity index (χ0n) is 13.5. The maximum absolute atomic E-state index is 12.8. The van der Waals surface area contributed by atoms with Crippen LogP contribution in [0.1, 0.15) is 56.1 Å². The van der Waals surface area contributed by atoms with Crippen molar-refractivity contribution in [1.29, 1.82) is 0 Å². The first kappa shape index (κ1) is 16.4. The maximum atomic E-state index is 12.8. The molecule has 1 aromatic rings. The minimum Gasteiger partial charge on any atom is -0.481 e. The normalized spacial score (nSPS) is 21.6. The number of hydrogen-bond donors (Lipinski definition) is 1. The van der Waals surface area contributed by atoms with Gasteiger partial charge in [-0.1, -0.05) is 27.7 Å². The number of aromatic nitrogens is 2. The largest absolute Gasteiger partial charge is 0.481 e. The molecule has 0 saturated carbocycles. The van der Waals surface area contributed by atoms with Crippen LogP contribution in [0.15, 0.2) is 12.5 Å². The minimum atomic E-state index is -0.858. The van der Waals surface area contributed by atoms with Crippen LogP contribution in [-0.4, -0.2) is 44.9 Å². The van der Waals surface area contributed by atoms with E-state index in [0.717, 1.165) is 0 Å². The van der Waals surface area contributed by atoms with Crippen molar-refractivity contribution in [3.05, 3.63) is 23.8 Å². The highest BCUT2D eigenvalue weighted by Gasteiger charge is 2.48. The first-order chi connectivity index (χ1) is 10.3. The van der Waals surface area contributed by atoms with Crippen molar-refractivity contribution in [2.75, 3.05) is 13.1 Å². The number of carboxylic acid groups (broad SMARTS) is 1. The number of nitrogens with zero attached hydrogens (tertiary/aromatic N) is 3. The van der Waals surface area contributed by atoms with Crippen LogP contribution in [0.5, 0.6) is 0 Å². The summed E-state index contributed by atoms with van der Waals surface area (Å²) in [5.41, 5.74) is 0.323. The first-order valence-electron chi connectivity index (χ1n) is 7.62. The van der Waals surface area contributed by atoms with Gasteiger partial charge in [0.1, 0.15) is 6.33 Å². The molecule has 22 heavy (non-hydrogen) atoms. The average Bonchev–Trinajstić information content (AvgIpc) is 2.93. The Morgan fingerprint density at radius 1 is 1.32 bits per heavy atom. The van der Waals surface area contributed by atoms with Crippen molar-refractivity contribution in [3.63, 3.8) is 0 Å². The lowest BCUT2D eigenvalue weighted by molar-refractivity contribution is -0.150. The standard InChI is InChI=1S/C16H23N3O3/c1-10(2)13-12(7-17-9-18-13)14(20)19-6-5-16(8-19,11(3)4)15(21)22/h7,9-11H,5-6,8H2,1-4H3,(H,21,22). The third-order valence-electron chi connectivity index (χ3n) is 4.64. The third-order valence-corrected chi connectivity index (χ3v) is 4.64. The Labute approximate surface area is 130 Å². The van der Waals surface area contributed by atoms with Crippen LogP contribution in [0.25, 0.3) is 0 Å². The van der Waals surface area contributed by atoms with E-state index in [4.69, 9.17) is 0 Å². The van der Waals surface area contributed by atoms with Crippen LogP contribution >= 0.6 is 0 Å². The number of rotatable bonds is 4. The molecule has 120 valence electrons. The van der Waals surface area contributed by atoms with E-state index in [0.29, 0.717) is 24.2 Å². The van der Waals surface area contributed by atoms with Crippen LogP contribution in [0.2, 0.25) is 0 Å². The monoisotopic (exact) mass is 305 g/mol. The lowest BCUT2D eigenvalue weighted by atomic mass is 9.76. The molecule has 0 aliphatic carbocycles. The van der Waals surface area contributed by atoms with Gasteiger partial charge < -0.3 is 10.0 Å². The van der Waals surface area contributed by atoms with Gasteiger partial charge in [-0.05, 0) is 18.3 Å². The van der Waals surface area contributed by atoms with E-state index in [1.54, 1.807) is 4.90 Å². The summed E-state index contributed by atoms with van der Waals surface area (Å²) in [5.74, 6) is -0.919. The SMILES string of the molecule is CC(C)c1ncncc1C(=O)N1CCC(C(=O)O)(C(C)C)C1. The smallest absolute Gasteiger partial charge is 0.311 e. The lowest BCUT2D eigenvalue weighted by Gasteiger charge is -2.28. The average molecular weight is 305 g/mol. The predicted octanol–water partition coefficient (Wildman–Crippen LogP) is 2.17. The van der Waals surface area contributed by atoms with Crippen molar-refractivity contribution in [2.45, 2.75) is 40.0 Å². The van der Waals surface area contributed by atoms with Gasteiger partial charge in [0, 0.05) is 19.3 Å². The van der Waals surface area contributed by atoms with Gasteiger partial charge in [0.25, 0.3) is 5.91 Å². The van der Waals surface area contributed by atoms with Crippen LogP contribution in [0.4, 0.5) is 0 Å². The molecule has 0 aromatic carbocycles. The van der Waals surface area contributed by atoms with E-state index in [1.165, 1.54) is 12.5 Å². The van der Waals surface area contributed by atoms with Gasteiger partial charge in [-0.2, -0.15) is 0 Å². The second-order valence-electron chi connectivity index (χ2n) is 6.57. The number of carbonyl (C=O) groups is 2. The van der Waals surface area contributed by atoms with E-state index in [1.807, 2.05) is 27.7 Å². The summed E-state index contributed by atoms with van der Waals surface area (Å²) in [6.07, 6.45) is 3.45. The highest BCUT2D eigenvalue weighted by molar-refractivity contribution is 5.96. The second kappa shape index (κ2) is 6.02. The Morgan fingerprint density at radius 2 is 2.00 bits per heavy atom. The van der Waals surface area contributed by atoms with E-state index in [9.17, 15) is 14.7 Å². The highest BCUT2D eigenvalue weighted by atomic mass is 16.4. The lowest BCUT2D eigenvalue weighted by Crippen LogP contribution is -2.40. The number of amides is 1. The third kappa shape index (κ3) is 2.69. The van der Waals surface area contributed by atoms with Crippen LogP contribution in [0, 0.1) is 11.3 Å². The summed E-state index contributed by atoms with van der Waals surface area (Å²) in [6.45, 7) is 8.43. The van der Waals surface area contributed by atoms with Crippen LogP contribution in [-0.2, 0) is 4.79 Å². The molecule has 6 nitrogen and oxygen atoms in total. The number of aliphatic carboxylic acids is 1. The highest BCUT2D eigenvalue weighted by Crippen LogP contribution is 2.38. The van der Waals surface area contributed by atoms with Gasteiger partial charge in [0.2, 0.25) is 0 Å². The van der Waals surface area contributed by atoms with Crippen LogP contribution < -0.4 is 0 Å². The summed E-state index contributed by atoms with van der Waals surface area (Å²) < 4.78 is 0. The van der Waals surface area contributed by atoms with E-state index in [-0.39, 0.29) is 24.3 Å². The van der Waals surface area contributed by atoms with Gasteiger partial charge in [-0.3, -0.25) is 9.59 Å². The molecular formula is C16H23N3O3. The molecule has 0 spiro atoms. The molecule has 1 amide bonds. The Kier molecular flexibility index (Phi) is 4.49. The van der Waals surface area contributed by atoms with Crippen molar-refractivity contribution >= 4 is 11.9 Å². The van der Waals surface area contributed by atoms with Gasteiger partial charge >= 0.3 is 5.97 Å². The Bertz CT molecular complexity index is 586. The molecule has 6 heteroatoms. The fourth-order valence-electron chi connectivity index (χ4n) is 3.03. The summed E-state index contributed by atoms with van der Waals surface area (Å²) in [7, 11) is 0. The van der Waals surface area contributed by atoms with Crippen molar-refractivity contribution < 1.29 is 14.7 Å². The zero-order chi connectivity index (χ0) is 16.5. The molecule has 1 fully saturated rings. The first-order valence-corrected chi connectivity index (χ1v) is 7.62. The molecule has 1 aliphatic heterocycles. The van der Waals surface area contributed by atoms with Gasteiger partial charge in [-0.15, -0.1) is 0 Å². The van der Waals surface area contributed by atoms with Gasteiger partial charge in [0.15, 0.2) is 0 Å². The van der Waals surface area contributed by atoms with Crippen molar-refractivity contribution in [3.8, 4) is 0 Å². The summed E-state index contributed by atoms with van der Waals surface area (Å²) in [6, 6.07) is 0. The molecule has 1 unspecified atom stereocenters. The van der Waals surface area contributed by atoms with Crippen molar-refractivity contribution in [2.24, 2.45) is 11.3 Å². The molecule has 0 bridgehead atoms. The zero-order valence-corrected chi connectivity index (χ0v) is 13.5.